The minimum absolute atomic E-state index is 0.0756. The van der Waals surface area contributed by atoms with E-state index in [0.717, 1.165) is 38.0 Å². The number of pyridine rings is 1. The summed E-state index contributed by atoms with van der Waals surface area (Å²) in [5, 5.41) is 40.1. The highest BCUT2D eigenvalue weighted by Gasteiger charge is 2.42. The number of H-pyrrole nitrogens is 1. The molecule has 6 N–H and O–H groups in total. The Morgan fingerprint density at radius 2 is 1.54 bits per heavy atom. The van der Waals surface area contributed by atoms with Crippen LogP contribution in [0.3, 0.4) is 0 Å². The number of aliphatic hydroxyl groups is 2. The largest absolute Gasteiger partial charge is 0.506 e. The molecule has 2 saturated heterocycles. The Balaban J connectivity index is 0.807. The Hall–Kier alpha value is -6.84. The van der Waals surface area contributed by atoms with Gasteiger partial charge in [-0.2, -0.15) is 0 Å². The molecular weight excluding hydrogens is 851 g/mol. The molecule has 14 heteroatoms. The fraction of sp³-hybridized carbons (Fsp3) is 0.321. The van der Waals surface area contributed by atoms with Crippen molar-refractivity contribution in [1.82, 2.24) is 25.4 Å². The number of aromatic nitrogens is 1. The van der Waals surface area contributed by atoms with Gasteiger partial charge in [-0.1, -0.05) is 91.0 Å². The van der Waals surface area contributed by atoms with E-state index in [1.807, 2.05) is 36.4 Å². The number of aromatic hydroxyl groups is 1. The summed E-state index contributed by atoms with van der Waals surface area (Å²) < 4.78 is 11.9. The summed E-state index contributed by atoms with van der Waals surface area (Å²) in [6, 6.07) is 38.5. The first-order valence-electron chi connectivity index (χ1n) is 22.9. The number of phenolic OH excluding ortho intramolecular Hbond substituents is 1. The molecule has 14 nitrogen and oxygen atoms in total. The number of carbonyl (C=O) groups is 3. The highest BCUT2D eigenvalue weighted by Crippen LogP contribution is 2.34. The third-order valence-electron chi connectivity index (χ3n) is 12.8. The van der Waals surface area contributed by atoms with Gasteiger partial charge in [0.15, 0.2) is 6.61 Å². The van der Waals surface area contributed by atoms with E-state index in [2.05, 4.69) is 32.7 Å². The number of aromatic amines is 1. The van der Waals surface area contributed by atoms with Gasteiger partial charge in [-0.25, -0.2) is 4.79 Å². The van der Waals surface area contributed by atoms with Crippen LogP contribution in [0.5, 0.6) is 11.5 Å². The molecule has 2 fully saturated rings. The van der Waals surface area contributed by atoms with Gasteiger partial charge < -0.3 is 45.3 Å². The fourth-order valence-corrected chi connectivity index (χ4v) is 8.96. The molecule has 2 amide bonds. The molecule has 3 atom stereocenters. The third-order valence-corrected chi connectivity index (χ3v) is 12.8. The van der Waals surface area contributed by atoms with Crippen molar-refractivity contribution in [2.45, 2.75) is 56.5 Å². The highest BCUT2D eigenvalue weighted by molar-refractivity contribution is 5.94. The van der Waals surface area contributed by atoms with E-state index in [4.69, 9.17) is 9.47 Å². The van der Waals surface area contributed by atoms with Gasteiger partial charge in [0.05, 0.1) is 18.2 Å². The SMILES string of the molecule is O=C(N[C@@H]1CCCN(C(=O)COc2cccc([C@](O)(C(=O)OCC3CCN(Cc4ccccc4)CC3)c3ccccc3)c2)C1)c1ccc(CNC[C@H](O)c2ccc(O)c3[nH]c(=O)ccc23)cc1. The molecule has 67 heavy (non-hydrogen) atoms. The Labute approximate surface area is 389 Å². The number of ether oxygens (including phenoxy) is 2. The normalized spacial score (nSPS) is 17.0. The molecule has 0 spiro atoms. The number of carbonyl (C=O) groups excluding carboxylic acids is 3. The summed E-state index contributed by atoms with van der Waals surface area (Å²) in [5.41, 5.74) is 1.62. The minimum Gasteiger partial charge on any atom is -0.506 e. The van der Waals surface area contributed by atoms with Crippen LogP contribution in [0.2, 0.25) is 0 Å². The van der Waals surface area contributed by atoms with Gasteiger partial charge in [-0.15, -0.1) is 0 Å². The van der Waals surface area contributed by atoms with Crippen molar-refractivity contribution >= 4 is 28.7 Å². The zero-order valence-electron chi connectivity index (χ0n) is 37.3. The molecule has 8 rings (SSSR count). The van der Waals surface area contributed by atoms with Crippen molar-refractivity contribution in [2.75, 3.05) is 45.9 Å². The van der Waals surface area contributed by atoms with Gasteiger partial charge in [0, 0.05) is 61.3 Å². The second kappa shape index (κ2) is 21.6. The molecule has 2 aliphatic rings. The number of rotatable bonds is 17. The van der Waals surface area contributed by atoms with Gasteiger partial charge in [-0.05, 0) is 103 Å². The topological polar surface area (TPSA) is 194 Å². The predicted molar refractivity (Wildman–Crippen MR) is 253 cm³/mol. The molecule has 5 aromatic carbocycles. The molecule has 1 aromatic heterocycles. The molecular formula is C53H57N5O9. The Morgan fingerprint density at radius 3 is 2.30 bits per heavy atom. The number of phenols is 1. The second-order valence-electron chi connectivity index (χ2n) is 17.5. The van der Waals surface area contributed by atoms with Crippen LogP contribution in [0, 0.1) is 5.92 Å². The summed E-state index contributed by atoms with van der Waals surface area (Å²) in [4.78, 5) is 59.1. The maximum absolute atomic E-state index is 13.9. The van der Waals surface area contributed by atoms with Gasteiger partial charge in [0.25, 0.3) is 11.8 Å². The maximum atomic E-state index is 13.9. The molecule has 0 unspecified atom stereocenters. The summed E-state index contributed by atoms with van der Waals surface area (Å²) in [7, 11) is 0. The van der Waals surface area contributed by atoms with Crippen LogP contribution >= 0.6 is 0 Å². The monoisotopic (exact) mass is 907 g/mol. The summed E-state index contributed by atoms with van der Waals surface area (Å²) in [5.74, 6) is -0.886. The maximum Gasteiger partial charge on any atom is 0.347 e. The molecule has 0 aliphatic carbocycles. The standard InChI is InChI=1S/C53H57N5O9/c59-46-22-20-44(45-21-23-48(61)56-50(45)46)47(60)31-54-30-36-16-18-39(19-17-36)51(63)55-42-14-8-26-58(33-42)49(62)35-66-43-15-7-13-41(29-43)53(65,40-11-5-2-6-12-40)52(64)67-34-38-24-27-57(28-25-38)32-37-9-3-1-4-10-37/h1-7,9-13,15-23,29,38,42,47,54,59-60,65H,8,14,24-28,30-35H2,(H,55,63)(H,56,61)/t42-,47+,53+/m1/s1. The van der Waals surface area contributed by atoms with E-state index in [-0.39, 0.29) is 65.9 Å². The average Bonchev–Trinajstić information content (AvgIpc) is 3.36. The second-order valence-corrected chi connectivity index (χ2v) is 17.5. The van der Waals surface area contributed by atoms with E-state index in [1.165, 1.54) is 17.7 Å². The lowest BCUT2D eigenvalue weighted by Crippen LogP contribution is -2.50. The lowest BCUT2D eigenvalue weighted by Gasteiger charge is -2.33. The first-order chi connectivity index (χ1) is 32.5. The molecule has 348 valence electrons. The van der Waals surface area contributed by atoms with E-state index >= 15 is 0 Å². The van der Waals surface area contributed by atoms with Gasteiger partial charge in [0.1, 0.15) is 11.5 Å². The van der Waals surface area contributed by atoms with E-state index < -0.39 is 17.7 Å². The zero-order chi connectivity index (χ0) is 46.8. The van der Waals surface area contributed by atoms with Crippen LogP contribution < -0.4 is 20.9 Å². The number of likely N-dealkylation sites (tertiary alicyclic amines) is 2. The van der Waals surface area contributed by atoms with Gasteiger partial charge in [0.2, 0.25) is 11.2 Å². The number of hydrogen-bond donors (Lipinski definition) is 6. The smallest absolute Gasteiger partial charge is 0.347 e. The van der Waals surface area contributed by atoms with E-state index in [9.17, 15) is 34.5 Å². The number of fused-ring (bicyclic) bond motifs is 1. The van der Waals surface area contributed by atoms with Crippen molar-refractivity contribution in [3.05, 3.63) is 177 Å². The zero-order valence-corrected chi connectivity index (χ0v) is 37.3. The Morgan fingerprint density at radius 1 is 0.806 bits per heavy atom. The lowest BCUT2D eigenvalue weighted by atomic mass is 9.86. The number of hydrogen-bond acceptors (Lipinski definition) is 11. The van der Waals surface area contributed by atoms with Crippen molar-refractivity contribution in [3.8, 4) is 11.5 Å². The van der Waals surface area contributed by atoms with Crippen LogP contribution in [-0.4, -0.2) is 99.9 Å². The van der Waals surface area contributed by atoms with Crippen LogP contribution in [0.25, 0.3) is 10.9 Å². The third kappa shape index (κ3) is 11.6. The number of nitrogens with one attached hydrogen (secondary N) is 3. The Kier molecular flexibility index (Phi) is 15.1. The van der Waals surface area contributed by atoms with Crippen molar-refractivity contribution < 1.29 is 39.2 Å². The van der Waals surface area contributed by atoms with Crippen LogP contribution in [-0.2, 0) is 33.0 Å². The first kappa shape index (κ1) is 46.7. The predicted octanol–water partition coefficient (Wildman–Crippen LogP) is 5.55. The number of aliphatic hydroxyl groups excluding tert-OH is 1. The number of nitrogens with zero attached hydrogens (tertiary/aromatic N) is 2. The van der Waals surface area contributed by atoms with Crippen LogP contribution in [0.1, 0.15) is 70.0 Å². The minimum atomic E-state index is -2.12. The number of piperidine rings is 2. The molecule has 0 radical (unpaired) electrons. The van der Waals surface area contributed by atoms with Crippen molar-refractivity contribution in [1.29, 1.82) is 0 Å². The molecule has 3 heterocycles. The average molecular weight is 908 g/mol. The van der Waals surface area contributed by atoms with Crippen molar-refractivity contribution in [2.24, 2.45) is 5.92 Å². The number of benzene rings is 5. The van der Waals surface area contributed by atoms with Crippen LogP contribution in [0.4, 0.5) is 0 Å². The lowest BCUT2D eigenvalue weighted by molar-refractivity contribution is -0.164. The summed E-state index contributed by atoms with van der Waals surface area (Å²) >= 11 is 0. The van der Waals surface area contributed by atoms with Gasteiger partial charge in [-0.3, -0.25) is 19.3 Å². The number of esters is 1. The van der Waals surface area contributed by atoms with E-state index in [1.54, 1.807) is 77.7 Å². The fourth-order valence-electron chi connectivity index (χ4n) is 8.96. The van der Waals surface area contributed by atoms with Crippen LogP contribution in [0.15, 0.2) is 138 Å². The van der Waals surface area contributed by atoms with E-state index in [0.29, 0.717) is 60.3 Å². The molecule has 6 aromatic rings. The number of amides is 2. The molecule has 0 saturated carbocycles. The van der Waals surface area contributed by atoms with Gasteiger partial charge >= 0.3 is 5.97 Å². The van der Waals surface area contributed by atoms with Crippen molar-refractivity contribution in [3.63, 3.8) is 0 Å². The summed E-state index contributed by atoms with van der Waals surface area (Å²) in [6.07, 6.45) is 2.25. The molecule has 0 bridgehead atoms. The Bertz CT molecular complexity index is 2690. The highest BCUT2D eigenvalue weighted by atomic mass is 16.5. The first-order valence-corrected chi connectivity index (χ1v) is 22.9. The quantitative estimate of drug-likeness (QED) is 0.0629. The summed E-state index contributed by atoms with van der Waals surface area (Å²) in [6.45, 7) is 4.05. The molecule has 2 aliphatic heterocycles.